The van der Waals surface area contributed by atoms with Gasteiger partial charge in [-0.15, -0.1) is 10.2 Å². The first-order valence-corrected chi connectivity index (χ1v) is 10.5. The smallest absolute Gasteiger partial charge is 0.233 e. The Bertz CT molecular complexity index is 1190. The number of alkyl halides is 3. The van der Waals surface area contributed by atoms with Crippen LogP contribution in [0.4, 0.5) is 13.2 Å². The number of aryl methyl sites for hydroxylation is 1. The third kappa shape index (κ3) is 2.75. The molecule has 10 heteroatoms. The number of hydrogen-bond acceptors (Lipinski definition) is 6. The van der Waals surface area contributed by atoms with Crippen LogP contribution in [0.1, 0.15) is 12.1 Å². The van der Waals surface area contributed by atoms with Crippen LogP contribution in [0, 0.1) is 12.8 Å². The van der Waals surface area contributed by atoms with E-state index in [4.69, 9.17) is 4.74 Å². The molecule has 7 atom stereocenters. The molecule has 166 valence electrons. The van der Waals surface area contributed by atoms with Gasteiger partial charge in [-0.05, 0) is 31.2 Å². The SMILES string of the molecule is Cc1ccn(-c2ccc(-c3ccc(OC4CC5NC(C4F)C4(F)C(F)C54)nn3)c(O)c2)n1. The van der Waals surface area contributed by atoms with Crippen LogP contribution < -0.4 is 10.1 Å². The second kappa shape index (κ2) is 6.68. The Morgan fingerprint density at radius 1 is 1.19 bits per heavy atom. The molecule has 2 aromatic heterocycles. The number of halogens is 3. The number of fused-ring (bicyclic) bond motifs is 5. The molecular weight excluding hydrogens is 423 g/mol. The lowest BCUT2D eigenvalue weighted by molar-refractivity contribution is 0.00777. The molecule has 7 nitrogen and oxygen atoms in total. The van der Waals surface area contributed by atoms with Crippen LogP contribution >= 0.6 is 0 Å². The molecule has 2 aliphatic heterocycles. The third-order valence-corrected chi connectivity index (χ3v) is 6.76. The molecular formula is C22H20F3N5O2. The van der Waals surface area contributed by atoms with Crippen molar-refractivity contribution in [1.82, 2.24) is 25.3 Å². The fraction of sp³-hybridized carbons (Fsp3) is 0.409. The predicted molar refractivity (Wildman–Crippen MR) is 108 cm³/mol. The minimum Gasteiger partial charge on any atom is -0.507 e. The van der Waals surface area contributed by atoms with Gasteiger partial charge in [0.1, 0.15) is 18.0 Å². The molecule has 0 amide bonds. The fourth-order valence-corrected chi connectivity index (χ4v) is 5.09. The second-order valence-corrected chi connectivity index (χ2v) is 8.70. The zero-order chi connectivity index (χ0) is 22.2. The van der Waals surface area contributed by atoms with Gasteiger partial charge in [-0.3, -0.25) is 0 Å². The molecule has 32 heavy (non-hydrogen) atoms. The highest BCUT2D eigenvalue weighted by atomic mass is 19.2. The summed E-state index contributed by atoms with van der Waals surface area (Å²) in [5.41, 5.74) is 0.297. The number of ether oxygens (including phenoxy) is 1. The topological polar surface area (TPSA) is 85.1 Å². The summed E-state index contributed by atoms with van der Waals surface area (Å²) in [6.07, 6.45) is -2.26. The second-order valence-electron chi connectivity index (χ2n) is 8.70. The first kappa shape index (κ1) is 19.5. The zero-order valence-corrected chi connectivity index (χ0v) is 17.0. The van der Waals surface area contributed by atoms with Crippen molar-refractivity contribution in [2.24, 2.45) is 5.92 Å². The molecule has 0 radical (unpaired) electrons. The largest absolute Gasteiger partial charge is 0.507 e. The van der Waals surface area contributed by atoms with E-state index in [9.17, 15) is 18.3 Å². The van der Waals surface area contributed by atoms with E-state index >= 15 is 0 Å². The van der Waals surface area contributed by atoms with Gasteiger partial charge in [0.2, 0.25) is 5.88 Å². The number of aromatic nitrogens is 4. The number of hydrogen-bond donors (Lipinski definition) is 2. The summed E-state index contributed by atoms with van der Waals surface area (Å²) in [6, 6.07) is 8.40. The van der Waals surface area contributed by atoms with E-state index in [0.717, 1.165) is 5.69 Å². The van der Waals surface area contributed by atoms with Crippen molar-refractivity contribution in [1.29, 1.82) is 0 Å². The average molecular weight is 443 g/mol. The summed E-state index contributed by atoms with van der Waals surface area (Å²) >= 11 is 0. The summed E-state index contributed by atoms with van der Waals surface area (Å²) in [5, 5.41) is 25.7. The molecule has 2 N–H and O–H groups in total. The molecule has 6 rings (SSSR count). The van der Waals surface area contributed by atoms with Gasteiger partial charge >= 0.3 is 0 Å². The van der Waals surface area contributed by atoms with E-state index in [1.807, 2.05) is 13.0 Å². The average Bonchev–Trinajstić information content (AvgIpc) is 3.05. The van der Waals surface area contributed by atoms with Crippen LogP contribution in [0.2, 0.25) is 0 Å². The summed E-state index contributed by atoms with van der Waals surface area (Å²) in [7, 11) is 0. The van der Waals surface area contributed by atoms with Crippen LogP contribution in [0.25, 0.3) is 16.9 Å². The monoisotopic (exact) mass is 443 g/mol. The van der Waals surface area contributed by atoms with E-state index in [0.29, 0.717) is 16.9 Å². The van der Waals surface area contributed by atoms with E-state index < -0.39 is 42.1 Å². The normalized spacial score (nSPS) is 34.9. The summed E-state index contributed by atoms with van der Waals surface area (Å²) in [5.74, 6) is -0.709. The quantitative estimate of drug-likeness (QED) is 0.645. The van der Waals surface area contributed by atoms with Crippen molar-refractivity contribution in [3.05, 3.63) is 48.3 Å². The van der Waals surface area contributed by atoms with Crippen LogP contribution in [0.5, 0.6) is 11.6 Å². The lowest BCUT2D eigenvalue weighted by atomic mass is 9.95. The van der Waals surface area contributed by atoms with Gasteiger partial charge in [0.15, 0.2) is 11.8 Å². The Kier molecular flexibility index (Phi) is 4.08. The minimum atomic E-state index is -2.13. The fourth-order valence-electron chi connectivity index (χ4n) is 5.09. The highest BCUT2D eigenvalue weighted by Crippen LogP contribution is 2.62. The molecule has 4 heterocycles. The molecule has 2 saturated heterocycles. The first-order chi connectivity index (χ1) is 15.4. The van der Waals surface area contributed by atoms with Gasteiger partial charge in [0.05, 0.1) is 23.1 Å². The molecule has 7 unspecified atom stereocenters. The lowest BCUT2D eigenvalue weighted by Gasteiger charge is -2.35. The zero-order valence-electron chi connectivity index (χ0n) is 17.0. The lowest BCUT2D eigenvalue weighted by Crippen LogP contribution is -2.57. The van der Waals surface area contributed by atoms with Gasteiger partial charge in [-0.2, -0.15) is 5.10 Å². The van der Waals surface area contributed by atoms with Crippen LogP contribution in [0.15, 0.2) is 42.6 Å². The van der Waals surface area contributed by atoms with Gasteiger partial charge in [0, 0.05) is 42.3 Å². The maximum Gasteiger partial charge on any atom is 0.233 e. The maximum atomic E-state index is 14.8. The molecule has 2 bridgehead atoms. The minimum absolute atomic E-state index is 0.00520. The van der Waals surface area contributed by atoms with Crippen molar-refractivity contribution in [3.63, 3.8) is 0 Å². The molecule has 0 spiro atoms. The third-order valence-electron chi connectivity index (χ3n) is 6.76. The molecule has 1 saturated carbocycles. The first-order valence-electron chi connectivity index (χ1n) is 10.5. The maximum absolute atomic E-state index is 14.8. The van der Waals surface area contributed by atoms with Crippen molar-refractivity contribution < 1.29 is 23.0 Å². The van der Waals surface area contributed by atoms with E-state index in [1.54, 1.807) is 35.1 Å². The van der Waals surface area contributed by atoms with Crippen molar-refractivity contribution >= 4 is 0 Å². The summed E-state index contributed by atoms with van der Waals surface area (Å²) < 4.78 is 50.5. The molecule has 3 aromatic rings. The number of phenols is 1. The van der Waals surface area contributed by atoms with Crippen LogP contribution in [-0.4, -0.2) is 61.3 Å². The Labute approximate surface area is 181 Å². The Hall–Kier alpha value is -3.14. The van der Waals surface area contributed by atoms with Gasteiger partial charge < -0.3 is 15.2 Å². The number of nitrogens with one attached hydrogen (secondary N) is 1. The highest BCUT2D eigenvalue weighted by molar-refractivity contribution is 5.68. The van der Waals surface area contributed by atoms with E-state index in [1.165, 1.54) is 6.07 Å². The van der Waals surface area contributed by atoms with Crippen molar-refractivity contribution in [2.45, 2.75) is 49.5 Å². The van der Waals surface area contributed by atoms with E-state index in [-0.39, 0.29) is 18.1 Å². The highest BCUT2D eigenvalue weighted by Gasteiger charge is 2.81. The van der Waals surface area contributed by atoms with Crippen molar-refractivity contribution in [2.75, 3.05) is 0 Å². The van der Waals surface area contributed by atoms with Gasteiger partial charge in [0.25, 0.3) is 0 Å². The molecule has 1 aliphatic carbocycles. The molecule has 3 aliphatic rings. The van der Waals surface area contributed by atoms with Gasteiger partial charge in [-0.1, -0.05) is 0 Å². The number of nitrogens with zero attached hydrogens (tertiary/aromatic N) is 4. The number of benzene rings is 1. The van der Waals surface area contributed by atoms with Crippen LogP contribution in [-0.2, 0) is 0 Å². The Balaban J connectivity index is 1.18. The number of phenolic OH excluding ortho intramolecular Hbond substituents is 1. The number of rotatable bonds is 4. The van der Waals surface area contributed by atoms with Gasteiger partial charge in [-0.25, -0.2) is 17.9 Å². The molecule has 1 aromatic carbocycles. The van der Waals surface area contributed by atoms with Crippen molar-refractivity contribution in [3.8, 4) is 28.6 Å². The van der Waals surface area contributed by atoms with Crippen LogP contribution in [0.3, 0.4) is 0 Å². The summed E-state index contributed by atoms with van der Waals surface area (Å²) in [4.78, 5) is 0. The Morgan fingerprint density at radius 3 is 2.72 bits per heavy atom. The summed E-state index contributed by atoms with van der Waals surface area (Å²) in [6.45, 7) is 1.87. The molecule has 3 fully saturated rings. The number of aromatic hydroxyl groups is 1. The van der Waals surface area contributed by atoms with E-state index in [2.05, 4.69) is 20.6 Å². The standard InChI is InChI=1S/C22H20F3N5O2/c1-10-6-7-30(29-10)11-2-3-12(15(31)8-11)13-4-5-17(28-27-13)32-16-9-14-18-20(24)22(18,25)21(26-14)19(16)23/h2-8,14,16,18-21,26,31H,9H2,1H3. The predicted octanol–water partition coefficient (Wildman–Crippen LogP) is 2.85. The Morgan fingerprint density at radius 2 is 2.03 bits per heavy atom. The number of piperidine rings is 2.